The summed E-state index contributed by atoms with van der Waals surface area (Å²) < 4.78 is 35.3. The summed E-state index contributed by atoms with van der Waals surface area (Å²) in [6.45, 7) is 1.79. The van der Waals surface area contributed by atoms with Crippen molar-refractivity contribution in [1.82, 2.24) is 4.90 Å². The molecule has 2 amide bonds. The lowest BCUT2D eigenvalue weighted by Gasteiger charge is -2.26. The smallest absolute Gasteiger partial charge is 0.262 e. The van der Waals surface area contributed by atoms with Crippen LogP contribution in [0.25, 0.3) is 0 Å². The lowest BCUT2D eigenvalue weighted by molar-refractivity contribution is -0.134. The van der Waals surface area contributed by atoms with E-state index < -0.39 is 9.84 Å². The van der Waals surface area contributed by atoms with E-state index in [9.17, 15) is 18.0 Å². The van der Waals surface area contributed by atoms with Gasteiger partial charge in [0.2, 0.25) is 5.91 Å². The first kappa shape index (κ1) is 16.7. The van der Waals surface area contributed by atoms with E-state index in [0.29, 0.717) is 37.7 Å². The Balaban J connectivity index is 1.67. The fraction of sp³-hybridized carbons (Fsp3) is 0.467. The van der Waals surface area contributed by atoms with Crippen LogP contribution in [0.3, 0.4) is 0 Å². The van der Waals surface area contributed by atoms with Gasteiger partial charge in [-0.05, 0) is 12.1 Å². The quantitative estimate of drug-likeness (QED) is 0.819. The fourth-order valence-corrected chi connectivity index (χ4v) is 3.80. The first-order valence-electron chi connectivity index (χ1n) is 7.61. The Morgan fingerprint density at radius 1 is 1.25 bits per heavy atom. The highest BCUT2D eigenvalue weighted by Crippen LogP contribution is 2.30. The molecule has 0 aliphatic carbocycles. The van der Waals surface area contributed by atoms with E-state index in [1.165, 1.54) is 18.2 Å². The molecular formula is C15H18N2O6S. The van der Waals surface area contributed by atoms with Gasteiger partial charge < -0.3 is 19.7 Å². The molecule has 0 aromatic heterocycles. The summed E-state index contributed by atoms with van der Waals surface area (Å²) in [5, 5.41) is 2.60. The van der Waals surface area contributed by atoms with Crippen LogP contribution in [-0.2, 0) is 24.2 Å². The van der Waals surface area contributed by atoms with Crippen molar-refractivity contribution in [2.24, 2.45) is 0 Å². The number of anilines is 1. The van der Waals surface area contributed by atoms with Crippen LogP contribution in [0, 0.1) is 0 Å². The van der Waals surface area contributed by atoms with Crippen molar-refractivity contribution in [2.45, 2.75) is 11.3 Å². The molecule has 9 heteroatoms. The van der Waals surface area contributed by atoms with Crippen molar-refractivity contribution in [3.05, 3.63) is 18.2 Å². The maximum Gasteiger partial charge on any atom is 0.262 e. The predicted octanol–water partition coefficient (Wildman–Crippen LogP) is 0.0401. The minimum atomic E-state index is -3.61. The zero-order valence-electron chi connectivity index (χ0n) is 13.0. The minimum absolute atomic E-state index is 0.0724. The second-order valence-corrected chi connectivity index (χ2v) is 7.67. The van der Waals surface area contributed by atoms with Crippen molar-refractivity contribution < 1.29 is 27.5 Å². The number of sulfone groups is 1. The summed E-state index contributed by atoms with van der Waals surface area (Å²) in [7, 11) is -3.61. The Labute approximate surface area is 139 Å². The molecule has 0 spiro atoms. The molecule has 24 heavy (non-hydrogen) atoms. The van der Waals surface area contributed by atoms with Crippen LogP contribution in [0.5, 0.6) is 5.75 Å². The maximum atomic E-state index is 12.4. The molecule has 2 aliphatic heterocycles. The van der Waals surface area contributed by atoms with Gasteiger partial charge in [0.25, 0.3) is 5.91 Å². The van der Waals surface area contributed by atoms with Gasteiger partial charge in [0.1, 0.15) is 5.75 Å². The van der Waals surface area contributed by atoms with Crippen molar-refractivity contribution >= 4 is 27.3 Å². The minimum Gasteiger partial charge on any atom is -0.482 e. The van der Waals surface area contributed by atoms with E-state index in [1.54, 1.807) is 4.90 Å². The van der Waals surface area contributed by atoms with Gasteiger partial charge in [0.05, 0.1) is 29.5 Å². The number of carbonyl (C=O) groups is 2. The van der Waals surface area contributed by atoms with Gasteiger partial charge in [-0.2, -0.15) is 0 Å². The number of morpholine rings is 1. The van der Waals surface area contributed by atoms with Crippen molar-refractivity contribution in [3.63, 3.8) is 0 Å². The zero-order chi connectivity index (χ0) is 17.2. The van der Waals surface area contributed by atoms with E-state index in [-0.39, 0.29) is 35.5 Å². The highest BCUT2D eigenvalue weighted by Gasteiger charge is 2.23. The standard InChI is InChI=1S/C15H18N2O6S/c18-14-10-23-13-9-11(1-2-12(13)16-14)24(20,21)8-3-15(19)17-4-6-22-7-5-17/h1-2,9H,3-8,10H2,(H,16,18). The second kappa shape index (κ2) is 6.78. The molecule has 0 saturated carbocycles. The second-order valence-electron chi connectivity index (χ2n) is 5.56. The lowest BCUT2D eigenvalue weighted by Crippen LogP contribution is -2.41. The Morgan fingerprint density at radius 2 is 2.00 bits per heavy atom. The average molecular weight is 354 g/mol. The van der Waals surface area contributed by atoms with E-state index in [4.69, 9.17) is 9.47 Å². The molecule has 130 valence electrons. The predicted molar refractivity (Wildman–Crippen MR) is 84.6 cm³/mol. The summed E-state index contributed by atoms with van der Waals surface area (Å²) in [6, 6.07) is 4.27. The van der Waals surface area contributed by atoms with Crippen LogP contribution in [0.2, 0.25) is 0 Å². The maximum absolute atomic E-state index is 12.4. The molecule has 0 radical (unpaired) electrons. The molecular weight excluding hydrogens is 336 g/mol. The van der Waals surface area contributed by atoms with Crippen molar-refractivity contribution in [3.8, 4) is 5.75 Å². The monoisotopic (exact) mass is 354 g/mol. The van der Waals surface area contributed by atoms with Crippen molar-refractivity contribution in [2.75, 3.05) is 44.0 Å². The van der Waals surface area contributed by atoms with E-state index >= 15 is 0 Å². The summed E-state index contributed by atoms with van der Waals surface area (Å²) in [6.07, 6.45) is -0.0724. The third-order valence-corrected chi connectivity index (χ3v) is 5.61. The Kier molecular flexibility index (Phi) is 4.72. The number of fused-ring (bicyclic) bond motifs is 1. The molecule has 0 bridgehead atoms. The van der Waals surface area contributed by atoms with Gasteiger partial charge in [-0.25, -0.2) is 8.42 Å². The Morgan fingerprint density at radius 3 is 2.75 bits per heavy atom. The van der Waals surface area contributed by atoms with Crippen LogP contribution in [0.15, 0.2) is 23.1 Å². The molecule has 8 nitrogen and oxygen atoms in total. The average Bonchev–Trinajstić information content (AvgIpc) is 2.60. The van der Waals surface area contributed by atoms with Crippen LogP contribution in [0.1, 0.15) is 6.42 Å². The largest absolute Gasteiger partial charge is 0.482 e. The van der Waals surface area contributed by atoms with Crippen molar-refractivity contribution in [1.29, 1.82) is 0 Å². The molecule has 2 heterocycles. The van der Waals surface area contributed by atoms with Gasteiger partial charge in [-0.1, -0.05) is 0 Å². The molecule has 1 aromatic rings. The fourth-order valence-electron chi connectivity index (χ4n) is 2.56. The van der Waals surface area contributed by atoms with Crippen LogP contribution in [-0.4, -0.2) is 63.8 Å². The topological polar surface area (TPSA) is 102 Å². The number of benzene rings is 1. The van der Waals surface area contributed by atoms with Gasteiger partial charge in [-0.15, -0.1) is 0 Å². The summed E-state index contributed by atoms with van der Waals surface area (Å²) in [5.41, 5.74) is 0.439. The van der Waals surface area contributed by atoms with Gasteiger partial charge in [0.15, 0.2) is 16.4 Å². The van der Waals surface area contributed by atoms with Crippen LogP contribution in [0.4, 0.5) is 5.69 Å². The number of nitrogens with one attached hydrogen (secondary N) is 1. The summed E-state index contributed by atoms with van der Waals surface area (Å²) >= 11 is 0. The third kappa shape index (κ3) is 3.68. The number of carbonyl (C=O) groups excluding carboxylic acids is 2. The molecule has 0 atom stereocenters. The van der Waals surface area contributed by atoms with Crippen LogP contribution < -0.4 is 10.1 Å². The van der Waals surface area contributed by atoms with Gasteiger partial charge in [-0.3, -0.25) is 9.59 Å². The van der Waals surface area contributed by atoms with E-state index in [0.717, 1.165) is 0 Å². The number of rotatable bonds is 4. The number of amides is 2. The molecule has 1 aromatic carbocycles. The molecule has 1 saturated heterocycles. The number of ether oxygens (including phenoxy) is 2. The number of nitrogens with zero attached hydrogens (tertiary/aromatic N) is 1. The SMILES string of the molecule is O=C1COc2cc(S(=O)(=O)CCC(=O)N3CCOCC3)ccc2N1. The van der Waals surface area contributed by atoms with E-state index in [1.807, 2.05) is 0 Å². The highest BCUT2D eigenvalue weighted by atomic mass is 32.2. The molecule has 0 unspecified atom stereocenters. The number of hydrogen-bond acceptors (Lipinski definition) is 6. The van der Waals surface area contributed by atoms with Gasteiger partial charge >= 0.3 is 0 Å². The van der Waals surface area contributed by atoms with Gasteiger partial charge in [0, 0.05) is 25.6 Å². The summed E-state index contributed by atoms with van der Waals surface area (Å²) in [4.78, 5) is 25.0. The third-order valence-electron chi connectivity index (χ3n) is 3.89. The Bertz CT molecular complexity index is 755. The normalized spacial score (nSPS) is 17.7. The summed E-state index contributed by atoms with van der Waals surface area (Å²) in [5.74, 6) is -0.429. The first-order chi connectivity index (χ1) is 11.5. The molecule has 1 fully saturated rings. The van der Waals surface area contributed by atoms with Crippen LogP contribution >= 0.6 is 0 Å². The lowest BCUT2D eigenvalue weighted by atomic mass is 10.2. The molecule has 3 rings (SSSR count). The highest BCUT2D eigenvalue weighted by molar-refractivity contribution is 7.91. The Hall–Kier alpha value is -2.13. The molecule has 2 aliphatic rings. The molecule has 1 N–H and O–H groups in total. The first-order valence-corrected chi connectivity index (χ1v) is 9.26. The number of hydrogen-bond donors (Lipinski definition) is 1. The zero-order valence-corrected chi connectivity index (χ0v) is 13.8. The van der Waals surface area contributed by atoms with E-state index in [2.05, 4.69) is 5.32 Å².